The highest BCUT2D eigenvalue weighted by atomic mass is 35.5. The van der Waals surface area contributed by atoms with Gasteiger partial charge in [-0.25, -0.2) is 9.50 Å². The van der Waals surface area contributed by atoms with Gasteiger partial charge in [-0.3, -0.25) is 4.79 Å². The number of hydrogen-bond donors (Lipinski definition) is 1. The molecule has 3 rings (SSSR count). The second kappa shape index (κ2) is 5.54. The van der Waals surface area contributed by atoms with Gasteiger partial charge < -0.3 is 5.32 Å². The van der Waals surface area contributed by atoms with E-state index in [1.165, 1.54) is 0 Å². The fourth-order valence-electron chi connectivity index (χ4n) is 2.19. The molecule has 2 aromatic heterocycles. The fourth-order valence-corrected chi connectivity index (χ4v) is 2.31. The highest BCUT2D eigenvalue weighted by Crippen LogP contribution is 2.26. The molecule has 5 nitrogen and oxygen atoms in total. The van der Waals surface area contributed by atoms with E-state index in [0.29, 0.717) is 10.7 Å². The van der Waals surface area contributed by atoms with Crippen LogP contribution in [0.5, 0.6) is 0 Å². The van der Waals surface area contributed by atoms with E-state index in [2.05, 4.69) is 15.4 Å². The summed E-state index contributed by atoms with van der Waals surface area (Å²) in [6.45, 7) is 0. The summed E-state index contributed by atoms with van der Waals surface area (Å²) in [4.78, 5) is 16.1. The molecule has 3 aromatic rings. The van der Waals surface area contributed by atoms with Gasteiger partial charge in [-0.1, -0.05) is 23.7 Å². The molecule has 106 valence electrons. The Labute approximate surface area is 126 Å². The number of aromatic nitrogens is 3. The Morgan fingerprint density at radius 3 is 2.81 bits per heavy atom. The van der Waals surface area contributed by atoms with Gasteiger partial charge in [-0.15, -0.1) is 0 Å². The van der Waals surface area contributed by atoms with Gasteiger partial charge in [-0.05, 0) is 18.2 Å². The van der Waals surface area contributed by atoms with Crippen LogP contribution in [0, 0.1) is 0 Å². The van der Waals surface area contributed by atoms with E-state index in [1.807, 2.05) is 18.3 Å². The van der Waals surface area contributed by atoms with Crippen LogP contribution in [-0.4, -0.2) is 27.6 Å². The fraction of sp³-hybridized carbons (Fsp3) is 0.133. The van der Waals surface area contributed by atoms with E-state index in [4.69, 9.17) is 11.6 Å². The SMILES string of the molecule is CNC(=O)Cc1c(-c2ccc(Cl)cc2)nn2cccnc12. The summed E-state index contributed by atoms with van der Waals surface area (Å²) in [5.74, 6) is -0.0780. The number of nitrogens with zero attached hydrogens (tertiary/aromatic N) is 3. The summed E-state index contributed by atoms with van der Waals surface area (Å²) < 4.78 is 1.68. The first-order valence-corrected chi connectivity index (χ1v) is 6.85. The first-order chi connectivity index (χ1) is 10.2. The molecule has 0 unspecified atom stereocenters. The monoisotopic (exact) mass is 300 g/mol. The minimum atomic E-state index is -0.0780. The van der Waals surface area contributed by atoms with Crippen LogP contribution in [0.25, 0.3) is 16.9 Å². The van der Waals surface area contributed by atoms with Gasteiger partial charge in [0, 0.05) is 35.6 Å². The van der Waals surface area contributed by atoms with Crippen molar-refractivity contribution in [3.63, 3.8) is 0 Å². The largest absolute Gasteiger partial charge is 0.359 e. The molecule has 0 aliphatic rings. The number of carbonyl (C=O) groups excluding carboxylic acids is 1. The van der Waals surface area contributed by atoms with Crippen LogP contribution in [0.2, 0.25) is 5.02 Å². The molecule has 0 bridgehead atoms. The lowest BCUT2D eigenvalue weighted by molar-refractivity contribution is -0.119. The third-order valence-corrected chi connectivity index (χ3v) is 3.48. The third kappa shape index (κ3) is 2.60. The zero-order valence-corrected chi connectivity index (χ0v) is 12.1. The van der Waals surface area contributed by atoms with Crippen LogP contribution in [-0.2, 0) is 11.2 Å². The molecule has 0 atom stereocenters. The van der Waals surface area contributed by atoms with Crippen LogP contribution < -0.4 is 5.32 Å². The molecule has 0 spiro atoms. The van der Waals surface area contributed by atoms with Gasteiger partial charge >= 0.3 is 0 Å². The number of amides is 1. The highest BCUT2D eigenvalue weighted by molar-refractivity contribution is 6.30. The maximum absolute atomic E-state index is 11.8. The number of hydrogen-bond acceptors (Lipinski definition) is 3. The Kier molecular flexibility index (Phi) is 3.58. The molecular formula is C15H13ClN4O. The lowest BCUT2D eigenvalue weighted by Crippen LogP contribution is -2.20. The molecule has 6 heteroatoms. The predicted molar refractivity (Wildman–Crippen MR) is 81.2 cm³/mol. The number of likely N-dealkylation sites (N-methyl/N-ethyl adjacent to an activating group) is 1. The van der Waals surface area contributed by atoms with Gasteiger partial charge in [0.25, 0.3) is 0 Å². The van der Waals surface area contributed by atoms with Crippen LogP contribution in [0.4, 0.5) is 0 Å². The molecule has 1 N–H and O–H groups in total. The van der Waals surface area contributed by atoms with Gasteiger partial charge in [0.05, 0.1) is 12.1 Å². The number of halogens is 1. The highest BCUT2D eigenvalue weighted by Gasteiger charge is 2.17. The second-order valence-corrected chi connectivity index (χ2v) is 5.01. The molecule has 1 aromatic carbocycles. The van der Waals surface area contributed by atoms with Gasteiger partial charge in [0.1, 0.15) is 0 Å². The molecule has 0 fully saturated rings. The number of carbonyl (C=O) groups is 1. The maximum Gasteiger partial charge on any atom is 0.224 e. The number of benzene rings is 1. The maximum atomic E-state index is 11.8. The van der Waals surface area contributed by atoms with E-state index < -0.39 is 0 Å². The van der Waals surface area contributed by atoms with Gasteiger partial charge in [-0.2, -0.15) is 5.10 Å². The molecule has 0 aliphatic heterocycles. The second-order valence-electron chi connectivity index (χ2n) is 4.57. The number of nitrogens with one attached hydrogen (secondary N) is 1. The van der Waals surface area contributed by atoms with Crippen molar-refractivity contribution in [2.75, 3.05) is 7.05 Å². The summed E-state index contributed by atoms with van der Waals surface area (Å²) in [6, 6.07) is 9.18. The van der Waals surface area contributed by atoms with Crippen molar-refractivity contribution in [3.05, 3.63) is 53.3 Å². The Bertz CT molecular complexity index is 795. The van der Waals surface area contributed by atoms with Crippen LogP contribution in [0.3, 0.4) is 0 Å². The molecule has 0 saturated carbocycles. The molecule has 0 aliphatic carbocycles. The quantitative estimate of drug-likeness (QED) is 0.807. The van der Waals surface area contributed by atoms with E-state index >= 15 is 0 Å². The van der Waals surface area contributed by atoms with Gasteiger partial charge in [0.15, 0.2) is 5.65 Å². The summed E-state index contributed by atoms with van der Waals surface area (Å²) in [6.07, 6.45) is 3.74. The van der Waals surface area contributed by atoms with Gasteiger partial charge in [0.2, 0.25) is 5.91 Å². The summed E-state index contributed by atoms with van der Waals surface area (Å²) in [5.41, 5.74) is 3.14. The van der Waals surface area contributed by atoms with Crippen molar-refractivity contribution in [1.82, 2.24) is 19.9 Å². The number of fused-ring (bicyclic) bond motifs is 1. The molecule has 0 saturated heterocycles. The lowest BCUT2D eigenvalue weighted by Gasteiger charge is -2.02. The molecule has 0 radical (unpaired) electrons. The topological polar surface area (TPSA) is 59.3 Å². The van der Waals surface area contributed by atoms with Crippen molar-refractivity contribution in [2.24, 2.45) is 0 Å². The Morgan fingerprint density at radius 2 is 2.10 bits per heavy atom. The Balaban J connectivity index is 2.18. The van der Waals surface area contributed by atoms with Crippen LogP contribution >= 0.6 is 11.6 Å². The zero-order chi connectivity index (χ0) is 14.8. The van der Waals surface area contributed by atoms with Crippen molar-refractivity contribution < 1.29 is 4.79 Å². The number of rotatable bonds is 3. The average Bonchev–Trinajstić information content (AvgIpc) is 2.87. The molecule has 21 heavy (non-hydrogen) atoms. The predicted octanol–water partition coefficient (Wildman–Crippen LogP) is 2.34. The van der Waals surface area contributed by atoms with Crippen LogP contribution in [0.15, 0.2) is 42.7 Å². The summed E-state index contributed by atoms with van der Waals surface area (Å²) in [7, 11) is 1.61. The third-order valence-electron chi connectivity index (χ3n) is 3.22. The van der Waals surface area contributed by atoms with Crippen molar-refractivity contribution in [1.29, 1.82) is 0 Å². The minimum Gasteiger partial charge on any atom is -0.359 e. The summed E-state index contributed by atoms with van der Waals surface area (Å²) >= 11 is 5.92. The van der Waals surface area contributed by atoms with Crippen molar-refractivity contribution in [3.8, 4) is 11.3 Å². The smallest absolute Gasteiger partial charge is 0.224 e. The van der Waals surface area contributed by atoms with Crippen molar-refractivity contribution >= 4 is 23.2 Å². The van der Waals surface area contributed by atoms with Crippen LogP contribution in [0.1, 0.15) is 5.56 Å². The first kappa shape index (κ1) is 13.6. The first-order valence-electron chi connectivity index (χ1n) is 6.48. The average molecular weight is 301 g/mol. The minimum absolute atomic E-state index is 0.0780. The van der Waals surface area contributed by atoms with E-state index in [9.17, 15) is 4.79 Å². The standard InChI is InChI=1S/C15H13ClN4O/c1-17-13(21)9-12-14(10-3-5-11(16)6-4-10)19-20-8-2-7-18-15(12)20/h2-8H,9H2,1H3,(H,17,21). The zero-order valence-electron chi connectivity index (χ0n) is 11.4. The molecular weight excluding hydrogens is 288 g/mol. The lowest BCUT2D eigenvalue weighted by atomic mass is 10.1. The van der Waals surface area contributed by atoms with E-state index in [-0.39, 0.29) is 12.3 Å². The van der Waals surface area contributed by atoms with E-state index in [0.717, 1.165) is 16.8 Å². The molecule has 2 heterocycles. The Morgan fingerprint density at radius 1 is 1.33 bits per heavy atom. The van der Waals surface area contributed by atoms with E-state index in [1.54, 1.807) is 36.0 Å². The Hall–Kier alpha value is -2.40. The normalized spacial score (nSPS) is 10.8. The molecule has 1 amide bonds. The van der Waals surface area contributed by atoms with Crippen molar-refractivity contribution in [2.45, 2.75) is 6.42 Å². The summed E-state index contributed by atoms with van der Waals surface area (Å²) in [5, 5.41) is 7.82.